The summed E-state index contributed by atoms with van der Waals surface area (Å²) in [6, 6.07) is 12.6. The standard InChI is InChI=1S/C14H16N2/c1-11-6-3-4-8-14(11)16-12(2)13-7-5-9-15-10-13/h3-10,12,16H,1-2H3. The highest BCUT2D eigenvalue weighted by molar-refractivity contribution is 5.51. The molecule has 2 heteroatoms. The topological polar surface area (TPSA) is 24.9 Å². The maximum absolute atomic E-state index is 4.13. The maximum Gasteiger partial charge on any atom is 0.0500 e. The molecule has 0 fully saturated rings. The smallest absolute Gasteiger partial charge is 0.0500 e. The molecule has 2 aromatic rings. The van der Waals surface area contributed by atoms with Crippen molar-refractivity contribution in [2.24, 2.45) is 0 Å². The van der Waals surface area contributed by atoms with Crippen molar-refractivity contribution in [1.29, 1.82) is 0 Å². The van der Waals surface area contributed by atoms with E-state index < -0.39 is 0 Å². The van der Waals surface area contributed by atoms with E-state index in [1.807, 2.05) is 18.3 Å². The van der Waals surface area contributed by atoms with E-state index in [1.54, 1.807) is 6.20 Å². The van der Waals surface area contributed by atoms with Crippen molar-refractivity contribution in [3.63, 3.8) is 0 Å². The zero-order valence-corrected chi connectivity index (χ0v) is 9.64. The van der Waals surface area contributed by atoms with Gasteiger partial charge in [0.25, 0.3) is 0 Å². The molecule has 0 spiro atoms. The van der Waals surface area contributed by atoms with E-state index in [-0.39, 0.29) is 6.04 Å². The Morgan fingerprint density at radius 2 is 1.94 bits per heavy atom. The highest BCUT2D eigenvalue weighted by Gasteiger charge is 2.05. The second-order valence-corrected chi connectivity index (χ2v) is 3.97. The van der Waals surface area contributed by atoms with Crippen molar-refractivity contribution in [2.75, 3.05) is 5.32 Å². The number of hydrogen-bond donors (Lipinski definition) is 1. The Balaban J connectivity index is 2.14. The number of rotatable bonds is 3. The summed E-state index contributed by atoms with van der Waals surface area (Å²) in [5.74, 6) is 0. The summed E-state index contributed by atoms with van der Waals surface area (Å²) in [5.41, 5.74) is 3.64. The van der Waals surface area contributed by atoms with E-state index in [9.17, 15) is 0 Å². The van der Waals surface area contributed by atoms with E-state index >= 15 is 0 Å². The maximum atomic E-state index is 4.13. The van der Waals surface area contributed by atoms with Gasteiger partial charge in [0.05, 0.1) is 6.04 Å². The molecule has 16 heavy (non-hydrogen) atoms. The van der Waals surface area contributed by atoms with Gasteiger partial charge in [-0.1, -0.05) is 24.3 Å². The van der Waals surface area contributed by atoms with Crippen molar-refractivity contribution in [1.82, 2.24) is 4.98 Å². The van der Waals surface area contributed by atoms with Crippen LogP contribution < -0.4 is 5.32 Å². The average Bonchev–Trinajstić information content (AvgIpc) is 2.33. The molecule has 0 radical (unpaired) electrons. The van der Waals surface area contributed by atoms with Crippen molar-refractivity contribution < 1.29 is 0 Å². The molecule has 1 N–H and O–H groups in total. The summed E-state index contributed by atoms with van der Waals surface area (Å²) in [4.78, 5) is 4.13. The summed E-state index contributed by atoms with van der Waals surface area (Å²) in [5, 5.41) is 3.49. The van der Waals surface area contributed by atoms with Crippen molar-refractivity contribution in [3.05, 3.63) is 59.9 Å². The predicted molar refractivity (Wildman–Crippen MR) is 67.5 cm³/mol. The molecule has 0 aliphatic rings. The van der Waals surface area contributed by atoms with E-state index in [0.29, 0.717) is 0 Å². The first-order valence-electron chi connectivity index (χ1n) is 5.49. The summed E-state index contributed by atoms with van der Waals surface area (Å²) in [6.45, 7) is 4.25. The van der Waals surface area contributed by atoms with Crippen molar-refractivity contribution in [2.45, 2.75) is 19.9 Å². The van der Waals surface area contributed by atoms with E-state index in [4.69, 9.17) is 0 Å². The zero-order chi connectivity index (χ0) is 11.4. The number of anilines is 1. The largest absolute Gasteiger partial charge is 0.378 e. The van der Waals surface area contributed by atoms with Crippen LogP contribution in [0.1, 0.15) is 24.1 Å². The molecule has 1 unspecified atom stereocenters. The third-order valence-corrected chi connectivity index (χ3v) is 2.70. The van der Waals surface area contributed by atoms with E-state index in [1.165, 1.54) is 16.8 Å². The molecule has 0 aliphatic carbocycles. The lowest BCUT2D eigenvalue weighted by molar-refractivity contribution is 0.874. The number of pyridine rings is 1. The van der Waals surface area contributed by atoms with Crippen LogP contribution in [0.25, 0.3) is 0 Å². The first-order chi connectivity index (χ1) is 7.77. The summed E-state index contributed by atoms with van der Waals surface area (Å²) < 4.78 is 0. The third-order valence-electron chi connectivity index (χ3n) is 2.70. The van der Waals surface area contributed by atoms with Crippen LogP contribution in [0.4, 0.5) is 5.69 Å². The van der Waals surface area contributed by atoms with Crippen molar-refractivity contribution >= 4 is 5.69 Å². The number of benzene rings is 1. The van der Waals surface area contributed by atoms with E-state index in [0.717, 1.165) is 0 Å². The van der Waals surface area contributed by atoms with Crippen LogP contribution in [0.2, 0.25) is 0 Å². The Kier molecular flexibility index (Phi) is 3.20. The summed E-state index contributed by atoms with van der Waals surface area (Å²) >= 11 is 0. The van der Waals surface area contributed by atoms with Gasteiger partial charge >= 0.3 is 0 Å². The lowest BCUT2D eigenvalue weighted by Gasteiger charge is -2.16. The molecular formula is C14H16N2. The highest BCUT2D eigenvalue weighted by atomic mass is 14.9. The van der Waals surface area contributed by atoms with Crippen LogP contribution >= 0.6 is 0 Å². The monoisotopic (exact) mass is 212 g/mol. The van der Waals surface area contributed by atoms with Crippen LogP contribution in [-0.2, 0) is 0 Å². The average molecular weight is 212 g/mol. The molecule has 0 amide bonds. The minimum Gasteiger partial charge on any atom is -0.378 e. The van der Waals surface area contributed by atoms with Crippen LogP contribution in [0.15, 0.2) is 48.8 Å². The SMILES string of the molecule is Cc1ccccc1NC(C)c1cccnc1. The van der Waals surface area contributed by atoms with Crippen LogP contribution in [-0.4, -0.2) is 4.98 Å². The molecule has 1 atom stereocenters. The minimum absolute atomic E-state index is 0.273. The molecule has 82 valence electrons. The minimum atomic E-state index is 0.273. The Morgan fingerprint density at radius 3 is 2.62 bits per heavy atom. The molecular weight excluding hydrogens is 196 g/mol. The lowest BCUT2D eigenvalue weighted by Crippen LogP contribution is -2.07. The van der Waals surface area contributed by atoms with Gasteiger partial charge in [0, 0.05) is 18.1 Å². The van der Waals surface area contributed by atoms with Gasteiger partial charge in [-0.3, -0.25) is 4.98 Å². The molecule has 1 aromatic heterocycles. The Morgan fingerprint density at radius 1 is 1.12 bits per heavy atom. The van der Waals surface area contributed by atoms with Gasteiger partial charge < -0.3 is 5.32 Å². The number of aryl methyl sites for hydroxylation is 1. The van der Waals surface area contributed by atoms with Gasteiger partial charge in [0.2, 0.25) is 0 Å². The van der Waals surface area contributed by atoms with E-state index in [2.05, 4.69) is 48.4 Å². The first-order valence-corrected chi connectivity index (χ1v) is 5.49. The molecule has 0 saturated carbocycles. The molecule has 2 nitrogen and oxygen atoms in total. The Bertz CT molecular complexity index is 451. The summed E-state index contributed by atoms with van der Waals surface area (Å²) in [6.07, 6.45) is 3.69. The molecule has 1 heterocycles. The number of hydrogen-bond acceptors (Lipinski definition) is 2. The van der Waals surface area contributed by atoms with Gasteiger partial charge in [0.15, 0.2) is 0 Å². The highest BCUT2D eigenvalue weighted by Crippen LogP contribution is 2.20. The number of nitrogens with one attached hydrogen (secondary N) is 1. The molecule has 0 saturated heterocycles. The van der Waals surface area contributed by atoms with Crippen molar-refractivity contribution in [3.8, 4) is 0 Å². The second-order valence-electron chi connectivity index (χ2n) is 3.97. The quantitative estimate of drug-likeness (QED) is 0.841. The number of nitrogens with zero attached hydrogens (tertiary/aromatic N) is 1. The normalized spacial score (nSPS) is 12.1. The fraction of sp³-hybridized carbons (Fsp3) is 0.214. The van der Waals surface area contributed by atoms with Gasteiger partial charge in [0.1, 0.15) is 0 Å². The number of aromatic nitrogens is 1. The predicted octanol–water partition coefficient (Wildman–Crippen LogP) is 3.56. The van der Waals surface area contributed by atoms with Crippen LogP contribution in [0.5, 0.6) is 0 Å². The third kappa shape index (κ3) is 2.40. The van der Waals surface area contributed by atoms with Gasteiger partial charge in [-0.15, -0.1) is 0 Å². The van der Waals surface area contributed by atoms with Gasteiger partial charge in [-0.05, 0) is 37.1 Å². The molecule has 2 rings (SSSR count). The Hall–Kier alpha value is -1.83. The summed E-state index contributed by atoms with van der Waals surface area (Å²) in [7, 11) is 0. The fourth-order valence-corrected chi connectivity index (χ4v) is 1.68. The first kappa shape index (κ1) is 10.7. The molecule has 1 aromatic carbocycles. The second kappa shape index (κ2) is 4.79. The zero-order valence-electron chi connectivity index (χ0n) is 9.64. The fourth-order valence-electron chi connectivity index (χ4n) is 1.68. The lowest BCUT2D eigenvalue weighted by atomic mass is 10.1. The van der Waals surface area contributed by atoms with Crippen LogP contribution in [0, 0.1) is 6.92 Å². The van der Waals surface area contributed by atoms with Gasteiger partial charge in [-0.2, -0.15) is 0 Å². The number of para-hydroxylation sites is 1. The molecule has 0 aliphatic heterocycles. The van der Waals surface area contributed by atoms with Crippen LogP contribution in [0.3, 0.4) is 0 Å². The molecule has 0 bridgehead atoms. The Labute approximate surface area is 96.4 Å². The van der Waals surface area contributed by atoms with Gasteiger partial charge in [-0.25, -0.2) is 0 Å².